The number of hydrogen-bond acceptors (Lipinski definition) is 2. The molecule has 14 heavy (non-hydrogen) atoms. The van der Waals surface area contributed by atoms with E-state index in [9.17, 15) is 0 Å². The molecule has 0 atom stereocenters. The molecule has 0 bridgehead atoms. The highest BCUT2D eigenvalue weighted by atomic mass is 32.1. The van der Waals surface area contributed by atoms with Crippen LogP contribution in [0.3, 0.4) is 0 Å². The third kappa shape index (κ3) is 2.11. The minimum absolute atomic E-state index is 0.0240. The number of thiol groups is 1. The van der Waals surface area contributed by atoms with Gasteiger partial charge in [-0.3, -0.25) is 4.98 Å². The molecule has 0 saturated heterocycles. The third-order valence-electron chi connectivity index (χ3n) is 3.08. The Kier molecular flexibility index (Phi) is 2.96. The van der Waals surface area contributed by atoms with Gasteiger partial charge in [0.25, 0.3) is 0 Å². The van der Waals surface area contributed by atoms with E-state index in [-0.39, 0.29) is 10.2 Å². The number of rotatable bonds is 2. The second kappa shape index (κ2) is 3.58. The first-order valence-electron chi connectivity index (χ1n) is 4.90. The van der Waals surface area contributed by atoms with E-state index in [0.29, 0.717) is 0 Å². The van der Waals surface area contributed by atoms with Crippen LogP contribution in [0.2, 0.25) is 0 Å². The van der Waals surface area contributed by atoms with E-state index in [1.807, 2.05) is 6.20 Å². The highest BCUT2D eigenvalue weighted by Crippen LogP contribution is 2.37. The van der Waals surface area contributed by atoms with Crippen molar-refractivity contribution in [1.82, 2.24) is 4.98 Å². The van der Waals surface area contributed by atoms with Crippen LogP contribution in [0.15, 0.2) is 18.3 Å². The summed E-state index contributed by atoms with van der Waals surface area (Å²) >= 11 is 4.63. The zero-order chi connectivity index (χ0) is 11.0. The van der Waals surface area contributed by atoms with E-state index >= 15 is 0 Å². The molecular formula is C12H19NS. The summed E-state index contributed by atoms with van der Waals surface area (Å²) in [4.78, 5) is 4.47. The molecule has 0 aliphatic rings. The van der Waals surface area contributed by atoms with Gasteiger partial charge in [-0.05, 0) is 18.6 Å². The van der Waals surface area contributed by atoms with Crippen LogP contribution >= 0.6 is 12.6 Å². The van der Waals surface area contributed by atoms with Crippen molar-refractivity contribution in [1.29, 1.82) is 0 Å². The van der Waals surface area contributed by atoms with Gasteiger partial charge in [-0.2, -0.15) is 12.6 Å². The van der Waals surface area contributed by atoms with E-state index in [2.05, 4.69) is 64.4 Å². The molecule has 0 radical (unpaired) electrons. The minimum atomic E-state index is -0.0741. The Morgan fingerprint density at radius 1 is 1.14 bits per heavy atom. The van der Waals surface area contributed by atoms with Crippen molar-refractivity contribution in [3.63, 3.8) is 0 Å². The van der Waals surface area contributed by atoms with Crippen molar-refractivity contribution in [2.24, 2.45) is 0 Å². The lowest BCUT2D eigenvalue weighted by atomic mass is 9.77. The fourth-order valence-corrected chi connectivity index (χ4v) is 1.27. The SMILES string of the molecule is Cc1ccc(C(C)(C)C(C)(C)S)nc1. The van der Waals surface area contributed by atoms with Crippen LogP contribution < -0.4 is 0 Å². The largest absolute Gasteiger partial charge is 0.260 e. The van der Waals surface area contributed by atoms with Crippen molar-refractivity contribution in [3.8, 4) is 0 Å². The van der Waals surface area contributed by atoms with Crippen molar-refractivity contribution in [3.05, 3.63) is 29.6 Å². The summed E-state index contributed by atoms with van der Waals surface area (Å²) in [6, 6.07) is 4.19. The maximum Gasteiger partial charge on any atom is 0.0473 e. The number of aryl methyl sites for hydroxylation is 1. The van der Waals surface area contributed by atoms with Gasteiger partial charge < -0.3 is 0 Å². The lowest BCUT2D eigenvalue weighted by Crippen LogP contribution is -2.38. The number of hydrogen-bond donors (Lipinski definition) is 1. The first-order valence-corrected chi connectivity index (χ1v) is 5.35. The van der Waals surface area contributed by atoms with Gasteiger partial charge in [0.05, 0.1) is 0 Å². The van der Waals surface area contributed by atoms with Crippen LogP contribution in [0, 0.1) is 6.92 Å². The van der Waals surface area contributed by atoms with E-state index in [1.54, 1.807) is 0 Å². The summed E-state index contributed by atoms with van der Waals surface area (Å²) in [5.41, 5.74) is 2.27. The average Bonchev–Trinajstić information content (AvgIpc) is 2.03. The average molecular weight is 209 g/mol. The lowest BCUT2D eigenvalue weighted by Gasteiger charge is -2.37. The van der Waals surface area contributed by atoms with Crippen LogP contribution in [0.5, 0.6) is 0 Å². The van der Waals surface area contributed by atoms with Gasteiger partial charge >= 0.3 is 0 Å². The molecule has 2 heteroatoms. The molecule has 0 spiro atoms. The van der Waals surface area contributed by atoms with E-state index in [4.69, 9.17) is 0 Å². The van der Waals surface area contributed by atoms with Gasteiger partial charge in [0, 0.05) is 22.1 Å². The molecule has 1 aromatic heterocycles. The summed E-state index contributed by atoms with van der Waals surface area (Å²) in [7, 11) is 0. The number of nitrogens with zero attached hydrogens (tertiary/aromatic N) is 1. The summed E-state index contributed by atoms with van der Waals surface area (Å²) in [5, 5.41) is 0. The molecule has 0 aliphatic carbocycles. The Morgan fingerprint density at radius 2 is 1.71 bits per heavy atom. The van der Waals surface area contributed by atoms with Crippen LogP contribution in [-0.2, 0) is 5.41 Å². The predicted octanol–water partition coefficient (Wildman–Crippen LogP) is 3.38. The van der Waals surface area contributed by atoms with Crippen molar-refractivity contribution < 1.29 is 0 Å². The molecule has 0 unspecified atom stereocenters. The Hall–Kier alpha value is -0.500. The highest BCUT2D eigenvalue weighted by molar-refractivity contribution is 7.81. The van der Waals surface area contributed by atoms with Crippen molar-refractivity contribution >= 4 is 12.6 Å². The van der Waals surface area contributed by atoms with Crippen molar-refractivity contribution in [2.45, 2.75) is 44.8 Å². The Bertz CT molecular complexity index is 306. The van der Waals surface area contributed by atoms with Crippen LogP contribution in [0.25, 0.3) is 0 Å². The van der Waals surface area contributed by atoms with Crippen LogP contribution in [-0.4, -0.2) is 9.73 Å². The maximum absolute atomic E-state index is 4.63. The third-order valence-corrected chi connectivity index (χ3v) is 3.64. The normalized spacial score (nSPS) is 13.0. The topological polar surface area (TPSA) is 12.9 Å². The summed E-state index contributed by atoms with van der Waals surface area (Å²) in [5.74, 6) is 0. The van der Waals surface area contributed by atoms with Crippen LogP contribution in [0.1, 0.15) is 39.0 Å². The van der Waals surface area contributed by atoms with Gasteiger partial charge in [0.1, 0.15) is 0 Å². The van der Waals surface area contributed by atoms with Gasteiger partial charge in [-0.15, -0.1) is 0 Å². The highest BCUT2D eigenvalue weighted by Gasteiger charge is 2.36. The fourth-order valence-electron chi connectivity index (χ4n) is 1.15. The Balaban J connectivity index is 3.10. The van der Waals surface area contributed by atoms with Gasteiger partial charge in [0.2, 0.25) is 0 Å². The maximum atomic E-state index is 4.63. The summed E-state index contributed by atoms with van der Waals surface area (Å²) < 4.78 is -0.0741. The Morgan fingerprint density at radius 3 is 2.07 bits per heavy atom. The first kappa shape index (κ1) is 11.6. The Labute approximate surface area is 92.4 Å². The monoisotopic (exact) mass is 209 g/mol. The molecule has 0 amide bonds. The molecule has 78 valence electrons. The van der Waals surface area contributed by atoms with E-state index < -0.39 is 0 Å². The number of pyridine rings is 1. The number of aromatic nitrogens is 1. The molecule has 1 heterocycles. The molecule has 0 aliphatic heterocycles. The summed E-state index contributed by atoms with van der Waals surface area (Å²) in [6.45, 7) is 10.7. The standard InChI is InChI=1S/C12H19NS/c1-9-6-7-10(13-8-9)11(2,3)12(4,5)14/h6-8,14H,1-5H3. The quantitative estimate of drug-likeness (QED) is 0.737. The molecule has 0 saturated carbocycles. The minimum Gasteiger partial charge on any atom is -0.260 e. The molecule has 0 N–H and O–H groups in total. The van der Waals surface area contributed by atoms with E-state index in [1.165, 1.54) is 5.56 Å². The first-order chi connectivity index (χ1) is 6.25. The molecule has 1 nitrogen and oxygen atoms in total. The zero-order valence-electron chi connectivity index (χ0n) is 9.63. The van der Waals surface area contributed by atoms with E-state index in [0.717, 1.165) is 5.69 Å². The molecule has 1 rings (SSSR count). The predicted molar refractivity (Wildman–Crippen MR) is 65.1 cm³/mol. The lowest BCUT2D eigenvalue weighted by molar-refractivity contribution is 0.404. The zero-order valence-corrected chi connectivity index (χ0v) is 10.5. The second-order valence-corrected chi connectivity index (χ2v) is 6.02. The molecule has 0 aromatic carbocycles. The van der Waals surface area contributed by atoms with Gasteiger partial charge in [0.15, 0.2) is 0 Å². The smallest absolute Gasteiger partial charge is 0.0473 e. The van der Waals surface area contributed by atoms with Crippen molar-refractivity contribution in [2.75, 3.05) is 0 Å². The second-order valence-electron chi connectivity index (χ2n) is 4.90. The van der Waals surface area contributed by atoms with Crippen LogP contribution in [0.4, 0.5) is 0 Å². The molecule has 1 aromatic rings. The molecule has 0 fully saturated rings. The van der Waals surface area contributed by atoms with Gasteiger partial charge in [-0.25, -0.2) is 0 Å². The summed E-state index contributed by atoms with van der Waals surface area (Å²) in [6.07, 6.45) is 1.91. The fraction of sp³-hybridized carbons (Fsp3) is 0.583. The molecular weight excluding hydrogens is 190 g/mol. The van der Waals surface area contributed by atoms with Gasteiger partial charge in [-0.1, -0.05) is 33.8 Å².